The Morgan fingerprint density at radius 2 is 2.29 bits per heavy atom. The summed E-state index contributed by atoms with van der Waals surface area (Å²) in [6, 6.07) is 5.57. The van der Waals surface area contributed by atoms with Crippen molar-refractivity contribution in [2.24, 2.45) is 0 Å². The zero-order valence-electron chi connectivity index (χ0n) is 9.69. The molecule has 17 heavy (non-hydrogen) atoms. The van der Waals surface area contributed by atoms with E-state index in [4.69, 9.17) is 9.84 Å². The summed E-state index contributed by atoms with van der Waals surface area (Å²) in [7, 11) is 0. The van der Waals surface area contributed by atoms with Crippen molar-refractivity contribution in [1.29, 1.82) is 0 Å². The number of hydrogen-bond donors (Lipinski definition) is 2. The Morgan fingerprint density at radius 1 is 1.47 bits per heavy atom. The lowest BCUT2D eigenvalue weighted by molar-refractivity contribution is -0.139. The molecule has 0 unspecified atom stereocenters. The molecule has 90 valence electrons. The molecule has 0 aliphatic rings. The van der Waals surface area contributed by atoms with Gasteiger partial charge in [0.1, 0.15) is 5.75 Å². The number of hydrogen-bond acceptors (Lipinski definition) is 2. The first-order valence-corrected chi connectivity index (χ1v) is 5.65. The molecule has 1 heterocycles. The lowest BCUT2D eigenvalue weighted by atomic mass is 10.1. The zero-order chi connectivity index (χ0) is 12.3. The molecule has 2 rings (SSSR count). The van der Waals surface area contributed by atoms with Crippen LogP contribution in [0.5, 0.6) is 5.75 Å². The Kier molecular flexibility index (Phi) is 3.32. The fourth-order valence-corrected chi connectivity index (χ4v) is 1.87. The molecule has 2 N–H and O–H groups in total. The average Bonchev–Trinajstić information content (AvgIpc) is 2.70. The maximum atomic E-state index is 10.4. The van der Waals surface area contributed by atoms with Crippen LogP contribution in [0.3, 0.4) is 0 Å². The SMILES string of the molecule is CCCc1c[nH]c2ccc(OCC(=O)O)cc12. The smallest absolute Gasteiger partial charge is 0.341 e. The summed E-state index contributed by atoms with van der Waals surface area (Å²) in [5.41, 5.74) is 2.29. The molecule has 0 bridgehead atoms. The van der Waals surface area contributed by atoms with Crippen LogP contribution in [0.4, 0.5) is 0 Å². The van der Waals surface area contributed by atoms with Crippen LogP contribution in [0, 0.1) is 0 Å². The highest BCUT2D eigenvalue weighted by atomic mass is 16.5. The number of nitrogens with one attached hydrogen (secondary N) is 1. The topological polar surface area (TPSA) is 62.3 Å². The quantitative estimate of drug-likeness (QED) is 0.834. The Balaban J connectivity index is 2.27. The standard InChI is InChI=1S/C13H15NO3/c1-2-3-9-7-14-12-5-4-10(6-11(9)12)17-8-13(15)16/h4-7,14H,2-3,8H2,1H3,(H,15,16). The van der Waals surface area contributed by atoms with Gasteiger partial charge in [0.15, 0.2) is 6.61 Å². The van der Waals surface area contributed by atoms with E-state index in [-0.39, 0.29) is 6.61 Å². The van der Waals surface area contributed by atoms with E-state index in [1.807, 2.05) is 18.3 Å². The first kappa shape index (κ1) is 11.5. The summed E-state index contributed by atoms with van der Waals surface area (Å²) < 4.78 is 5.16. The van der Waals surface area contributed by atoms with Gasteiger partial charge >= 0.3 is 5.97 Å². The van der Waals surface area contributed by atoms with Crippen LogP contribution in [0.15, 0.2) is 24.4 Å². The molecule has 0 amide bonds. The van der Waals surface area contributed by atoms with E-state index in [0.717, 1.165) is 23.7 Å². The van der Waals surface area contributed by atoms with Gasteiger partial charge in [0.25, 0.3) is 0 Å². The third-order valence-corrected chi connectivity index (χ3v) is 2.62. The van der Waals surface area contributed by atoms with Crippen molar-refractivity contribution in [3.8, 4) is 5.75 Å². The minimum atomic E-state index is -0.965. The second-order valence-corrected chi connectivity index (χ2v) is 3.95. The number of aryl methyl sites for hydroxylation is 1. The van der Waals surface area contributed by atoms with Crippen LogP contribution in [-0.2, 0) is 11.2 Å². The van der Waals surface area contributed by atoms with Crippen LogP contribution in [0.25, 0.3) is 10.9 Å². The molecule has 0 atom stereocenters. The number of rotatable bonds is 5. The summed E-state index contributed by atoms with van der Waals surface area (Å²) >= 11 is 0. The van der Waals surface area contributed by atoms with Crippen molar-refractivity contribution in [3.05, 3.63) is 30.0 Å². The van der Waals surface area contributed by atoms with E-state index in [1.54, 1.807) is 6.07 Å². The van der Waals surface area contributed by atoms with E-state index < -0.39 is 5.97 Å². The van der Waals surface area contributed by atoms with Gasteiger partial charge in [-0.15, -0.1) is 0 Å². The second kappa shape index (κ2) is 4.91. The van der Waals surface area contributed by atoms with Crippen LogP contribution < -0.4 is 4.74 Å². The minimum Gasteiger partial charge on any atom is -0.482 e. The van der Waals surface area contributed by atoms with Gasteiger partial charge in [0.2, 0.25) is 0 Å². The van der Waals surface area contributed by atoms with Crippen LogP contribution in [-0.4, -0.2) is 22.7 Å². The average molecular weight is 233 g/mol. The number of carbonyl (C=O) groups is 1. The molecule has 0 fully saturated rings. The van der Waals surface area contributed by atoms with E-state index in [1.165, 1.54) is 5.56 Å². The number of ether oxygens (including phenoxy) is 1. The molecule has 2 aromatic rings. The van der Waals surface area contributed by atoms with Crippen molar-refractivity contribution in [2.45, 2.75) is 19.8 Å². The fraction of sp³-hybridized carbons (Fsp3) is 0.308. The second-order valence-electron chi connectivity index (χ2n) is 3.95. The third-order valence-electron chi connectivity index (χ3n) is 2.62. The van der Waals surface area contributed by atoms with Gasteiger partial charge in [-0.05, 0) is 30.2 Å². The fourth-order valence-electron chi connectivity index (χ4n) is 1.87. The maximum absolute atomic E-state index is 10.4. The van der Waals surface area contributed by atoms with Crippen molar-refractivity contribution in [2.75, 3.05) is 6.61 Å². The van der Waals surface area contributed by atoms with Crippen molar-refractivity contribution in [3.63, 3.8) is 0 Å². The van der Waals surface area contributed by atoms with Crippen LogP contribution >= 0.6 is 0 Å². The van der Waals surface area contributed by atoms with Crippen molar-refractivity contribution >= 4 is 16.9 Å². The molecule has 1 aromatic heterocycles. The predicted octanol–water partition coefficient (Wildman–Crippen LogP) is 2.58. The number of aromatic nitrogens is 1. The van der Waals surface area contributed by atoms with Gasteiger partial charge in [0.05, 0.1) is 0 Å². The van der Waals surface area contributed by atoms with E-state index in [9.17, 15) is 4.79 Å². The number of carboxylic acid groups (broad SMARTS) is 1. The molecule has 0 saturated carbocycles. The molecule has 0 spiro atoms. The molecule has 0 saturated heterocycles. The first-order chi connectivity index (χ1) is 8.20. The van der Waals surface area contributed by atoms with Gasteiger partial charge in [-0.3, -0.25) is 0 Å². The number of fused-ring (bicyclic) bond motifs is 1. The molecule has 0 aliphatic heterocycles. The maximum Gasteiger partial charge on any atom is 0.341 e. The van der Waals surface area contributed by atoms with Gasteiger partial charge in [-0.1, -0.05) is 13.3 Å². The highest BCUT2D eigenvalue weighted by Crippen LogP contribution is 2.24. The molecule has 0 aliphatic carbocycles. The lowest BCUT2D eigenvalue weighted by Gasteiger charge is -2.03. The summed E-state index contributed by atoms with van der Waals surface area (Å²) in [4.78, 5) is 13.6. The van der Waals surface area contributed by atoms with Crippen molar-refractivity contribution in [1.82, 2.24) is 4.98 Å². The highest BCUT2D eigenvalue weighted by molar-refractivity contribution is 5.84. The summed E-state index contributed by atoms with van der Waals surface area (Å²) in [6.07, 6.45) is 4.07. The van der Waals surface area contributed by atoms with Crippen LogP contribution in [0.2, 0.25) is 0 Å². The number of H-pyrrole nitrogens is 1. The number of aromatic amines is 1. The van der Waals surface area contributed by atoms with E-state index in [2.05, 4.69) is 11.9 Å². The number of aliphatic carboxylic acids is 1. The van der Waals surface area contributed by atoms with Crippen molar-refractivity contribution < 1.29 is 14.6 Å². The molecule has 0 radical (unpaired) electrons. The Morgan fingerprint density at radius 3 is 3.00 bits per heavy atom. The highest BCUT2D eigenvalue weighted by Gasteiger charge is 2.05. The normalized spacial score (nSPS) is 10.6. The van der Waals surface area contributed by atoms with Gasteiger partial charge in [-0.25, -0.2) is 4.79 Å². The number of carboxylic acids is 1. The largest absolute Gasteiger partial charge is 0.482 e. The third kappa shape index (κ3) is 2.58. The molecule has 1 aromatic carbocycles. The Labute approximate surface area is 99.2 Å². The summed E-state index contributed by atoms with van der Waals surface area (Å²) in [5.74, 6) is -0.371. The Bertz CT molecular complexity index is 530. The molecule has 4 heteroatoms. The van der Waals surface area contributed by atoms with Gasteiger partial charge in [-0.2, -0.15) is 0 Å². The molecule has 4 nitrogen and oxygen atoms in total. The van der Waals surface area contributed by atoms with Gasteiger partial charge < -0.3 is 14.8 Å². The predicted molar refractivity (Wildman–Crippen MR) is 65.4 cm³/mol. The molecular weight excluding hydrogens is 218 g/mol. The van der Waals surface area contributed by atoms with Gasteiger partial charge in [0, 0.05) is 17.1 Å². The van der Waals surface area contributed by atoms with E-state index >= 15 is 0 Å². The van der Waals surface area contributed by atoms with Crippen LogP contribution in [0.1, 0.15) is 18.9 Å². The Hall–Kier alpha value is -1.97. The zero-order valence-corrected chi connectivity index (χ0v) is 9.69. The number of benzene rings is 1. The summed E-state index contributed by atoms with van der Waals surface area (Å²) in [5, 5.41) is 9.66. The molecular formula is C13H15NO3. The lowest BCUT2D eigenvalue weighted by Crippen LogP contribution is -2.09. The van der Waals surface area contributed by atoms with E-state index in [0.29, 0.717) is 5.75 Å². The monoisotopic (exact) mass is 233 g/mol. The minimum absolute atomic E-state index is 0.307. The first-order valence-electron chi connectivity index (χ1n) is 5.65. The summed E-state index contributed by atoms with van der Waals surface area (Å²) in [6.45, 7) is 1.82.